The molecule has 1 aromatic rings. The van der Waals surface area contributed by atoms with Gasteiger partial charge in [-0.25, -0.2) is 0 Å². The molecule has 23 heavy (non-hydrogen) atoms. The molecule has 0 aromatic heterocycles. The number of hydrogen-bond acceptors (Lipinski definition) is 6. The summed E-state index contributed by atoms with van der Waals surface area (Å²) in [5, 5.41) is 10.0. The van der Waals surface area contributed by atoms with E-state index >= 15 is 0 Å². The smallest absolute Gasteiger partial charge is 0.394 e. The van der Waals surface area contributed by atoms with E-state index in [9.17, 15) is 9.90 Å². The standard InChI is InChI=1S/C13H17NO3.H2O4S.H2O/c1-7(15)8-4-5-10-9(6-8)11(14)12(16)13(2,3)17-10;1-5(2,3)4;/h4-6,11-12,16H,14H2,1-3H3;(H2,1,2,3,4);1H2/t11-,12-;;/m0../s1. The van der Waals surface area contributed by atoms with Crippen molar-refractivity contribution in [1.29, 1.82) is 0 Å². The van der Waals surface area contributed by atoms with Gasteiger partial charge in [-0.1, -0.05) is 0 Å². The topological polar surface area (TPSA) is 179 Å². The Morgan fingerprint density at radius 2 is 1.78 bits per heavy atom. The fraction of sp³-hybridized carbons (Fsp3) is 0.462. The molecule has 0 spiro atoms. The molecule has 0 aliphatic carbocycles. The lowest BCUT2D eigenvalue weighted by Crippen LogP contribution is -2.51. The van der Waals surface area contributed by atoms with Crippen molar-refractivity contribution in [3.63, 3.8) is 0 Å². The number of ketones is 1. The number of carbonyl (C=O) groups excluding carboxylic acids is 1. The van der Waals surface area contributed by atoms with Crippen LogP contribution in [0.3, 0.4) is 0 Å². The second-order valence-electron chi connectivity index (χ2n) is 5.43. The van der Waals surface area contributed by atoms with Gasteiger partial charge in [0.15, 0.2) is 5.78 Å². The first kappa shape index (κ1) is 21.4. The second-order valence-corrected chi connectivity index (χ2v) is 6.33. The third-order valence-electron chi connectivity index (χ3n) is 3.20. The van der Waals surface area contributed by atoms with Crippen LogP contribution >= 0.6 is 0 Å². The number of nitrogens with two attached hydrogens (primary N) is 1. The number of Topliss-reactive ketones (excluding diaryl/α,β-unsaturated/α-hetero) is 1. The number of rotatable bonds is 1. The van der Waals surface area contributed by atoms with Crippen LogP contribution < -0.4 is 10.5 Å². The first-order chi connectivity index (χ1) is 9.83. The fourth-order valence-corrected chi connectivity index (χ4v) is 2.07. The predicted molar refractivity (Wildman–Crippen MR) is 81.9 cm³/mol. The van der Waals surface area contributed by atoms with Gasteiger partial charge in [0.1, 0.15) is 17.5 Å². The normalized spacial score (nSPS) is 21.7. The van der Waals surface area contributed by atoms with E-state index < -0.39 is 28.1 Å². The van der Waals surface area contributed by atoms with Crippen LogP contribution in [0.5, 0.6) is 5.75 Å². The highest BCUT2D eigenvalue weighted by Gasteiger charge is 2.41. The van der Waals surface area contributed by atoms with Gasteiger partial charge in [-0.05, 0) is 39.0 Å². The second kappa shape index (κ2) is 7.34. The lowest BCUT2D eigenvalue weighted by molar-refractivity contribution is -0.0571. The average Bonchev–Trinajstić information content (AvgIpc) is 2.33. The number of aliphatic hydroxyl groups is 1. The maximum Gasteiger partial charge on any atom is 0.394 e. The van der Waals surface area contributed by atoms with Gasteiger partial charge in [0.25, 0.3) is 0 Å². The summed E-state index contributed by atoms with van der Waals surface area (Å²) < 4.78 is 37.3. The van der Waals surface area contributed by atoms with E-state index in [1.54, 1.807) is 32.0 Å². The Morgan fingerprint density at radius 3 is 2.22 bits per heavy atom. The molecule has 0 unspecified atom stereocenters. The number of carbonyl (C=O) groups is 1. The van der Waals surface area contributed by atoms with Crippen LogP contribution in [-0.2, 0) is 10.4 Å². The SMILES string of the molecule is CC(=O)c1ccc2c(c1)[C@H](N)[C@H](O)C(C)(C)O2.O.O=S(=O)(O)O. The summed E-state index contributed by atoms with van der Waals surface area (Å²) in [6, 6.07) is 4.61. The van der Waals surface area contributed by atoms with Crippen molar-refractivity contribution >= 4 is 16.2 Å². The van der Waals surface area contributed by atoms with Crippen molar-refractivity contribution < 1.29 is 37.6 Å². The Balaban J connectivity index is 0.000000709. The zero-order valence-corrected chi connectivity index (χ0v) is 13.7. The molecule has 1 aliphatic rings. The van der Waals surface area contributed by atoms with Crippen molar-refractivity contribution in [2.24, 2.45) is 5.73 Å². The van der Waals surface area contributed by atoms with Crippen molar-refractivity contribution in [3.8, 4) is 5.75 Å². The Labute approximate surface area is 134 Å². The van der Waals surface area contributed by atoms with Crippen LogP contribution in [0.4, 0.5) is 0 Å². The Bertz CT molecular complexity index is 663. The average molecular weight is 351 g/mol. The molecule has 9 nitrogen and oxygen atoms in total. The Morgan fingerprint density at radius 1 is 1.30 bits per heavy atom. The molecule has 0 saturated heterocycles. The van der Waals surface area contributed by atoms with Crippen LogP contribution in [0, 0.1) is 0 Å². The van der Waals surface area contributed by atoms with Gasteiger partial charge in [0, 0.05) is 11.1 Å². The molecule has 0 bridgehead atoms. The minimum absolute atomic E-state index is 0. The molecular formula is C13H21NO8S. The van der Waals surface area contributed by atoms with Crippen LogP contribution in [0.15, 0.2) is 18.2 Å². The predicted octanol–water partition coefficient (Wildman–Crippen LogP) is -0.0566. The van der Waals surface area contributed by atoms with Gasteiger partial charge in [0.2, 0.25) is 0 Å². The molecule has 0 amide bonds. The highest BCUT2D eigenvalue weighted by Crippen LogP contribution is 2.38. The van der Waals surface area contributed by atoms with Crippen LogP contribution in [0.2, 0.25) is 0 Å². The highest BCUT2D eigenvalue weighted by molar-refractivity contribution is 7.79. The molecule has 7 N–H and O–H groups in total. The van der Waals surface area contributed by atoms with Gasteiger partial charge in [-0.3, -0.25) is 13.9 Å². The maximum atomic E-state index is 11.3. The summed E-state index contributed by atoms with van der Waals surface area (Å²) in [5.41, 5.74) is 6.54. The molecule has 2 rings (SSSR count). The molecule has 1 aromatic carbocycles. The first-order valence-electron chi connectivity index (χ1n) is 6.30. The third-order valence-corrected chi connectivity index (χ3v) is 3.20. The number of ether oxygens (including phenoxy) is 1. The largest absolute Gasteiger partial charge is 0.485 e. The van der Waals surface area contributed by atoms with Gasteiger partial charge in [-0.2, -0.15) is 8.42 Å². The zero-order chi connectivity index (χ0) is 17.3. The van der Waals surface area contributed by atoms with E-state index in [1.807, 2.05) is 0 Å². The number of aliphatic hydroxyl groups excluding tert-OH is 1. The van der Waals surface area contributed by atoms with Crippen molar-refractivity contribution in [1.82, 2.24) is 0 Å². The third kappa shape index (κ3) is 5.86. The number of benzene rings is 1. The Kier molecular flexibility index (Phi) is 6.84. The summed E-state index contributed by atoms with van der Waals surface area (Å²) in [7, 11) is -4.67. The van der Waals surface area contributed by atoms with Gasteiger partial charge in [-0.15, -0.1) is 0 Å². The van der Waals surface area contributed by atoms with E-state index in [1.165, 1.54) is 6.92 Å². The van der Waals surface area contributed by atoms with Crippen molar-refractivity contribution in [2.45, 2.75) is 38.5 Å². The van der Waals surface area contributed by atoms with E-state index in [0.29, 0.717) is 16.9 Å². The maximum absolute atomic E-state index is 11.3. The fourth-order valence-electron chi connectivity index (χ4n) is 2.07. The Hall–Kier alpha value is -1.56. The van der Waals surface area contributed by atoms with E-state index in [4.69, 9.17) is 28.0 Å². The minimum Gasteiger partial charge on any atom is -0.485 e. The number of hydrogen-bond donors (Lipinski definition) is 4. The van der Waals surface area contributed by atoms with Crippen LogP contribution in [0.25, 0.3) is 0 Å². The molecule has 0 fully saturated rings. The monoisotopic (exact) mass is 351 g/mol. The lowest BCUT2D eigenvalue weighted by atomic mass is 9.86. The zero-order valence-electron chi connectivity index (χ0n) is 12.8. The van der Waals surface area contributed by atoms with Gasteiger partial charge in [0.05, 0.1) is 6.04 Å². The summed E-state index contributed by atoms with van der Waals surface area (Å²) >= 11 is 0. The molecule has 132 valence electrons. The molecule has 0 radical (unpaired) electrons. The summed E-state index contributed by atoms with van der Waals surface area (Å²) in [6.07, 6.45) is -0.794. The van der Waals surface area contributed by atoms with Gasteiger partial charge >= 0.3 is 10.4 Å². The van der Waals surface area contributed by atoms with Crippen molar-refractivity contribution in [3.05, 3.63) is 29.3 Å². The summed E-state index contributed by atoms with van der Waals surface area (Å²) in [6.45, 7) is 5.08. The van der Waals surface area contributed by atoms with Gasteiger partial charge < -0.3 is 21.1 Å². The highest BCUT2D eigenvalue weighted by atomic mass is 32.3. The molecule has 1 aliphatic heterocycles. The number of fused-ring (bicyclic) bond motifs is 1. The quantitative estimate of drug-likeness (QED) is 0.401. The van der Waals surface area contributed by atoms with Crippen LogP contribution in [-0.4, -0.2) is 45.6 Å². The summed E-state index contributed by atoms with van der Waals surface area (Å²) in [5.74, 6) is 0.608. The van der Waals surface area contributed by atoms with Crippen molar-refractivity contribution in [2.75, 3.05) is 0 Å². The lowest BCUT2D eigenvalue weighted by Gasteiger charge is -2.40. The van der Waals surface area contributed by atoms with E-state index in [0.717, 1.165) is 0 Å². The molecular weight excluding hydrogens is 330 g/mol. The van der Waals surface area contributed by atoms with E-state index in [2.05, 4.69) is 0 Å². The van der Waals surface area contributed by atoms with Crippen LogP contribution in [0.1, 0.15) is 42.7 Å². The molecule has 10 heteroatoms. The minimum atomic E-state index is -4.67. The molecule has 2 atom stereocenters. The van der Waals surface area contributed by atoms with E-state index in [-0.39, 0.29) is 11.3 Å². The first-order valence-corrected chi connectivity index (χ1v) is 7.70. The summed E-state index contributed by atoms with van der Waals surface area (Å²) in [4.78, 5) is 11.3. The molecule has 1 heterocycles. The molecule has 0 saturated carbocycles.